The molecule has 0 atom stereocenters. The van der Waals surface area contributed by atoms with Gasteiger partial charge in [0.2, 0.25) is 0 Å². The number of nitrogens with one attached hydrogen (secondary N) is 2. The molecule has 0 aromatic carbocycles. The highest BCUT2D eigenvalue weighted by Crippen LogP contribution is 1.93. The fraction of sp³-hybridized carbons (Fsp3) is 0.273. The van der Waals surface area contributed by atoms with E-state index in [4.69, 9.17) is 5.73 Å². The largest absolute Gasteiger partial charge is 0.463 e. The molecule has 0 spiro atoms. The Morgan fingerprint density at radius 2 is 2.21 bits per heavy atom. The predicted molar refractivity (Wildman–Crippen MR) is 69.5 cm³/mol. The van der Waals surface area contributed by atoms with E-state index in [0.717, 1.165) is 0 Å². The highest BCUT2D eigenvalue weighted by Gasteiger charge is 1.98. The van der Waals surface area contributed by atoms with Crippen molar-refractivity contribution in [3.63, 3.8) is 0 Å². The van der Waals surface area contributed by atoms with E-state index in [9.17, 15) is 14.4 Å². The number of anilines is 1. The molecule has 1 rings (SSSR count). The molecule has 1 aromatic rings. The van der Waals surface area contributed by atoms with Crippen molar-refractivity contribution in [1.82, 2.24) is 9.97 Å². The Labute approximate surface area is 109 Å². The third-order valence-electron chi connectivity index (χ3n) is 1.55. The van der Waals surface area contributed by atoms with Gasteiger partial charge in [0, 0.05) is 11.8 Å². The van der Waals surface area contributed by atoms with Crippen molar-refractivity contribution in [2.75, 3.05) is 11.9 Å². The van der Waals surface area contributed by atoms with Crippen LogP contribution in [0.15, 0.2) is 29.2 Å². The molecule has 0 unspecified atom stereocenters. The number of primary amides is 1. The zero-order valence-electron chi connectivity index (χ0n) is 10.7. The van der Waals surface area contributed by atoms with Gasteiger partial charge in [0.1, 0.15) is 5.82 Å². The maximum atomic E-state index is 10.5. The van der Waals surface area contributed by atoms with Gasteiger partial charge < -0.3 is 15.5 Å². The van der Waals surface area contributed by atoms with Crippen LogP contribution in [0, 0.1) is 0 Å². The van der Waals surface area contributed by atoms with Gasteiger partial charge in [-0.05, 0) is 19.9 Å². The van der Waals surface area contributed by atoms with E-state index >= 15 is 0 Å². The summed E-state index contributed by atoms with van der Waals surface area (Å²) in [5, 5.41) is 2.15. The molecule has 2 amide bonds. The average Bonchev–Trinajstić information content (AvgIpc) is 2.29. The number of carbonyl (C=O) groups is 2. The highest BCUT2D eigenvalue weighted by atomic mass is 16.5. The number of hydrogen-bond donors (Lipinski definition) is 3. The van der Waals surface area contributed by atoms with Crippen molar-refractivity contribution in [3.05, 3.63) is 34.9 Å². The second-order valence-corrected chi connectivity index (χ2v) is 3.27. The lowest BCUT2D eigenvalue weighted by atomic mass is 10.4. The van der Waals surface area contributed by atoms with Crippen LogP contribution in [-0.4, -0.2) is 28.6 Å². The number of esters is 1. The lowest BCUT2D eigenvalue weighted by Crippen LogP contribution is -2.22. The molecule has 0 saturated carbocycles. The first-order chi connectivity index (χ1) is 8.86. The third-order valence-corrected chi connectivity index (χ3v) is 1.55. The molecule has 0 bridgehead atoms. The Bertz CT molecular complexity index is 509. The topological polar surface area (TPSA) is 127 Å². The monoisotopic (exact) mass is 268 g/mol. The lowest BCUT2D eigenvalue weighted by molar-refractivity contribution is -0.138. The van der Waals surface area contributed by atoms with Crippen LogP contribution in [0.3, 0.4) is 0 Å². The first-order valence-corrected chi connectivity index (χ1v) is 5.31. The number of urea groups is 1. The van der Waals surface area contributed by atoms with Crippen LogP contribution >= 0.6 is 0 Å². The van der Waals surface area contributed by atoms with Gasteiger partial charge in [-0.2, -0.15) is 4.98 Å². The quantitative estimate of drug-likeness (QED) is 0.539. The van der Waals surface area contributed by atoms with E-state index < -0.39 is 11.7 Å². The smallest absolute Gasteiger partial charge is 0.346 e. The van der Waals surface area contributed by atoms with Gasteiger partial charge >= 0.3 is 17.7 Å². The Kier molecular flexibility index (Phi) is 7.28. The van der Waals surface area contributed by atoms with Crippen LogP contribution in [0.5, 0.6) is 0 Å². The normalized spacial score (nSPS) is 8.74. The second kappa shape index (κ2) is 8.45. The molecule has 104 valence electrons. The number of carbonyl (C=O) groups excluding carboxylic acids is 2. The molecule has 0 fully saturated rings. The third kappa shape index (κ3) is 8.13. The molecule has 0 aliphatic rings. The fourth-order valence-corrected chi connectivity index (χ4v) is 0.821. The van der Waals surface area contributed by atoms with E-state index in [1.54, 1.807) is 13.8 Å². The molecule has 0 aliphatic heterocycles. The van der Waals surface area contributed by atoms with Gasteiger partial charge in [0.05, 0.1) is 6.61 Å². The first-order valence-electron chi connectivity index (χ1n) is 5.31. The molecule has 1 aromatic heterocycles. The molecule has 4 N–H and O–H groups in total. The number of ether oxygens (including phenoxy) is 1. The zero-order chi connectivity index (χ0) is 14.8. The molecule has 0 aliphatic carbocycles. The molecular weight excluding hydrogens is 252 g/mol. The van der Waals surface area contributed by atoms with E-state index in [-0.39, 0.29) is 11.8 Å². The molecule has 0 radical (unpaired) electrons. The summed E-state index contributed by atoms with van der Waals surface area (Å²) in [4.78, 5) is 36.8. The van der Waals surface area contributed by atoms with Crippen molar-refractivity contribution in [1.29, 1.82) is 0 Å². The van der Waals surface area contributed by atoms with Gasteiger partial charge in [-0.3, -0.25) is 5.32 Å². The Balaban J connectivity index is 0.000000362. The van der Waals surface area contributed by atoms with E-state index in [1.165, 1.54) is 12.3 Å². The summed E-state index contributed by atoms with van der Waals surface area (Å²) >= 11 is 0. The summed E-state index contributed by atoms with van der Waals surface area (Å²) in [6.07, 6.45) is 1.36. The van der Waals surface area contributed by atoms with E-state index in [2.05, 4.69) is 26.6 Å². The summed E-state index contributed by atoms with van der Waals surface area (Å²) in [5.74, 6) is -0.172. The van der Waals surface area contributed by atoms with Gasteiger partial charge in [-0.1, -0.05) is 6.58 Å². The van der Waals surface area contributed by atoms with Gasteiger partial charge in [-0.25, -0.2) is 14.4 Å². The minimum absolute atomic E-state index is 0.140. The van der Waals surface area contributed by atoms with Gasteiger partial charge in [-0.15, -0.1) is 0 Å². The van der Waals surface area contributed by atoms with Gasteiger partial charge in [0.15, 0.2) is 0 Å². The molecular formula is C11H16N4O4. The maximum Gasteiger partial charge on any atom is 0.346 e. The van der Waals surface area contributed by atoms with Crippen LogP contribution in [0.2, 0.25) is 0 Å². The van der Waals surface area contributed by atoms with Crippen LogP contribution in [0.1, 0.15) is 13.8 Å². The first kappa shape index (κ1) is 16.4. The van der Waals surface area contributed by atoms with Crippen molar-refractivity contribution < 1.29 is 14.3 Å². The number of nitrogens with two attached hydrogens (primary N) is 1. The zero-order valence-corrected chi connectivity index (χ0v) is 10.7. The van der Waals surface area contributed by atoms with Crippen LogP contribution in [-0.2, 0) is 9.53 Å². The van der Waals surface area contributed by atoms with Crippen LogP contribution < -0.4 is 16.7 Å². The number of amides is 2. The number of rotatable bonds is 3. The Morgan fingerprint density at radius 3 is 2.58 bits per heavy atom. The van der Waals surface area contributed by atoms with Gasteiger partial charge in [0.25, 0.3) is 0 Å². The van der Waals surface area contributed by atoms with Crippen LogP contribution in [0.25, 0.3) is 0 Å². The molecule has 1 heterocycles. The number of H-pyrrole nitrogens is 1. The fourth-order valence-electron chi connectivity index (χ4n) is 0.821. The Hall–Kier alpha value is -2.64. The molecule has 8 heteroatoms. The van der Waals surface area contributed by atoms with E-state index in [1.807, 2.05) is 0 Å². The number of aromatic nitrogens is 2. The van der Waals surface area contributed by atoms with Crippen molar-refractivity contribution in [2.45, 2.75) is 13.8 Å². The predicted octanol–water partition coefficient (Wildman–Crippen LogP) is 0.386. The average molecular weight is 268 g/mol. The maximum absolute atomic E-state index is 10.5. The van der Waals surface area contributed by atoms with Crippen LogP contribution in [0.4, 0.5) is 10.6 Å². The number of nitrogens with zero attached hydrogens (tertiary/aromatic N) is 1. The number of aromatic amines is 1. The summed E-state index contributed by atoms with van der Waals surface area (Å²) in [7, 11) is 0. The summed E-state index contributed by atoms with van der Waals surface area (Å²) in [5.41, 5.74) is 4.69. The molecule has 8 nitrogen and oxygen atoms in total. The van der Waals surface area contributed by atoms with Crippen molar-refractivity contribution in [2.24, 2.45) is 5.73 Å². The van der Waals surface area contributed by atoms with E-state index in [0.29, 0.717) is 12.2 Å². The SMILES string of the molecule is C=C(C)C(=O)OCC.NC(=O)Nc1cc[nH]c(=O)n1. The van der Waals surface area contributed by atoms with Crippen molar-refractivity contribution in [3.8, 4) is 0 Å². The number of hydrogen-bond acceptors (Lipinski definition) is 5. The minimum Gasteiger partial charge on any atom is -0.463 e. The standard InChI is InChI=1S/C6H10O2.C5H6N4O2/c1-4-8-6(7)5(2)3;6-4(10)8-3-1-2-7-5(11)9-3/h2,4H2,1,3H3;1-2H,(H4,6,7,8,9,10,11). The Morgan fingerprint density at radius 1 is 1.58 bits per heavy atom. The lowest BCUT2D eigenvalue weighted by Gasteiger charge is -1.96. The summed E-state index contributed by atoms with van der Waals surface area (Å²) in [6, 6.07) is 0.676. The molecule has 0 saturated heterocycles. The second-order valence-electron chi connectivity index (χ2n) is 3.27. The van der Waals surface area contributed by atoms with Crippen molar-refractivity contribution >= 4 is 17.8 Å². The summed E-state index contributed by atoms with van der Waals surface area (Å²) < 4.78 is 4.56. The highest BCUT2D eigenvalue weighted by molar-refractivity contribution is 5.87. The minimum atomic E-state index is -0.747. The molecule has 19 heavy (non-hydrogen) atoms. The summed E-state index contributed by atoms with van der Waals surface area (Å²) in [6.45, 7) is 7.21.